The van der Waals surface area contributed by atoms with E-state index in [1.807, 2.05) is 0 Å². The van der Waals surface area contributed by atoms with E-state index < -0.39 is 11.9 Å². The quantitative estimate of drug-likeness (QED) is 0.183. The summed E-state index contributed by atoms with van der Waals surface area (Å²) in [6.07, 6.45) is 4.25. The molecule has 10 heteroatoms. The van der Waals surface area contributed by atoms with Crippen LogP contribution >= 0.6 is 24.0 Å². The summed E-state index contributed by atoms with van der Waals surface area (Å²) in [6, 6.07) is 13.3. The number of unbranched alkanes of at least 4 members (excludes halogenated alkanes) is 2. The van der Waals surface area contributed by atoms with E-state index in [1.165, 1.54) is 18.9 Å². The molecule has 1 aliphatic heterocycles. The van der Waals surface area contributed by atoms with Crippen molar-refractivity contribution in [3.8, 4) is 0 Å². The molecule has 0 aromatic heterocycles. The fourth-order valence-corrected chi connectivity index (χ4v) is 4.85. The Morgan fingerprint density at radius 2 is 1.62 bits per heavy atom. The van der Waals surface area contributed by atoms with Gasteiger partial charge in [0.25, 0.3) is 5.91 Å². The molecule has 1 aliphatic rings. The van der Waals surface area contributed by atoms with Crippen molar-refractivity contribution in [1.82, 2.24) is 4.90 Å². The maximum atomic E-state index is 12.8. The fourth-order valence-electron chi connectivity index (χ4n) is 3.54. The number of ether oxygens (including phenoxy) is 2. The zero-order valence-electron chi connectivity index (χ0n) is 20.7. The van der Waals surface area contributed by atoms with Crippen molar-refractivity contribution in [3.05, 3.63) is 70.1 Å². The second-order valence-corrected chi connectivity index (χ2v) is 9.78. The van der Waals surface area contributed by atoms with Crippen LogP contribution in [0.15, 0.2) is 53.4 Å². The minimum Gasteiger partial charge on any atom is -0.465 e. The van der Waals surface area contributed by atoms with Crippen molar-refractivity contribution in [1.29, 1.82) is 0 Å². The Morgan fingerprint density at radius 1 is 0.973 bits per heavy atom. The van der Waals surface area contributed by atoms with Gasteiger partial charge in [-0.15, -0.1) is 0 Å². The number of amides is 2. The average Bonchev–Trinajstić information content (AvgIpc) is 3.16. The molecule has 0 spiro atoms. The number of nitrogens with one attached hydrogen (secondary N) is 1. The van der Waals surface area contributed by atoms with Crippen LogP contribution in [0.4, 0.5) is 5.69 Å². The van der Waals surface area contributed by atoms with Gasteiger partial charge in [0.1, 0.15) is 4.32 Å². The first-order chi connectivity index (χ1) is 17.8. The largest absolute Gasteiger partial charge is 0.465 e. The summed E-state index contributed by atoms with van der Waals surface area (Å²) >= 11 is 6.64. The molecule has 3 rings (SSSR count). The Hall–Kier alpha value is -3.50. The van der Waals surface area contributed by atoms with Crippen molar-refractivity contribution in [3.63, 3.8) is 0 Å². The van der Waals surface area contributed by atoms with Gasteiger partial charge in [0, 0.05) is 18.7 Å². The van der Waals surface area contributed by atoms with Crippen LogP contribution in [0.5, 0.6) is 0 Å². The molecule has 8 nitrogen and oxygen atoms in total. The van der Waals surface area contributed by atoms with E-state index in [0.717, 1.165) is 18.4 Å². The van der Waals surface area contributed by atoms with Crippen LogP contribution in [0.25, 0.3) is 6.08 Å². The molecule has 0 radical (unpaired) electrons. The fraction of sp³-hybridized carbons (Fsp3) is 0.296. The number of anilines is 1. The van der Waals surface area contributed by atoms with Crippen LogP contribution in [0.1, 0.15) is 58.9 Å². The van der Waals surface area contributed by atoms with Gasteiger partial charge in [-0.25, -0.2) is 9.59 Å². The maximum Gasteiger partial charge on any atom is 0.338 e. The molecule has 1 heterocycles. The first-order valence-electron chi connectivity index (χ1n) is 11.8. The summed E-state index contributed by atoms with van der Waals surface area (Å²) in [5, 5.41) is 2.82. The smallest absolute Gasteiger partial charge is 0.338 e. The molecule has 1 fully saturated rings. The van der Waals surface area contributed by atoms with Crippen LogP contribution in [-0.2, 0) is 19.1 Å². The van der Waals surface area contributed by atoms with Crippen LogP contribution in [0, 0.1) is 0 Å². The molecule has 37 heavy (non-hydrogen) atoms. The van der Waals surface area contributed by atoms with Crippen LogP contribution in [-0.4, -0.2) is 53.2 Å². The van der Waals surface area contributed by atoms with E-state index in [9.17, 15) is 19.2 Å². The van der Waals surface area contributed by atoms with E-state index in [0.29, 0.717) is 52.0 Å². The summed E-state index contributed by atoms with van der Waals surface area (Å²) < 4.78 is 10.1. The summed E-state index contributed by atoms with van der Waals surface area (Å²) in [7, 11) is 1.33. The molecular weight excluding hydrogens is 512 g/mol. The maximum absolute atomic E-state index is 12.8. The molecule has 0 unspecified atom stereocenters. The van der Waals surface area contributed by atoms with E-state index in [4.69, 9.17) is 21.7 Å². The standard InChI is InChI=1S/C27H28N2O6S2/c1-3-35-26(33)20-12-14-21(15-13-20)28-23(30)7-5-4-6-16-29-24(31)22(37-27(29)36)17-18-8-10-19(11-9-18)25(32)34-2/h8-15,17H,3-7,16H2,1-2H3,(H,28,30). The molecular formula is C27H28N2O6S2. The Bertz CT molecular complexity index is 1190. The van der Waals surface area contributed by atoms with E-state index >= 15 is 0 Å². The normalized spacial score (nSPS) is 14.1. The topological polar surface area (TPSA) is 102 Å². The Kier molecular flexibility index (Phi) is 10.4. The van der Waals surface area contributed by atoms with Gasteiger partial charge >= 0.3 is 11.9 Å². The second kappa shape index (κ2) is 13.7. The lowest BCUT2D eigenvalue weighted by Gasteiger charge is -2.14. The lowest BCUT2D eigenvalue weighted by atomic mass is 10.1. The zero-order chi connectivity index (χ0) is 26.8. The van der Waals surface area contributed by atoms with Crippen molar-refractivity contribution < 1.29 is 28.7 Å². The molecule has 2 aromatic rings. The number of rotatable bonds is 11. The van der Waals surface area contributed by atoms with Gasteiger partial charge < -0.3 is 14.8 Å². The predicted octanol–water partition coefficient (Wildman–Crippen LogP) is 5.05. The highest BCUT2D eigenvalue weighted by atomic mass is 32.2. The molecule has 2 amide bonds. The monoisotopic (exact) mass is 540 g/mol. The Morgan fingerprint density at radius 3 is 2.27 bits per heavy atom. The molecule has 0 atom stereocenters. The minimum atomic E-state index is -0.417. The first kappa shape index (κ1) is 28.1. The number of thiocarbonyl (C=S) groups is 1. The number of carbonyl (C=O) groups is 4. The lowest BCUT2D eigenvalue weighted by molar-refractivity contribution is -0.122. The van der Waals surface area contributed by atoms with Gasteiger partial charge in [-0.05, 0) is 67.8 Å². The number of nitrogens with zero attached hydrogens (tertiary/aromatic N) is 1. The lowest BCUT2D eigenvalue weighted by Crippen LogP contribution is -2.29. The van der Waals surface area contributed by atoms with Gasteiger partial charge in [0.2, 0.25) is 5.91 Å². The molecule has 0 bridgehead atoms. The Labute approximate surface area is 225 Å². The van der Waals surface area contributed by atoms with Gasteiger partial charge in [0.15, 0.2) is 0 Å². The average molecular weight is 541 g/mol. The minimum absolute atomic E-state index is 0.115. The highest BCUT2D eigenvalue weighted by molar-refractivity contribution is 8.26. The Balaban J connectivity index is 1.40. The molecule has 1 saturated heterocycles. The van der Waals surface area contributed by atoms with E-state index in [1.54, 1.807) is 66.4 Å². The third kappa shape index (κ3) is 7.99. The number of hydrogen-bond acceptors (Lipinski definition) is 8. The van der Waals surface area contributed by atoms with Gasteiger partial charge in [-0.2, -0.15) is 0 Å². The van der Waals surface area contributed by atoms with Crippen LogP contribution in [0.3, 0.4) is 0 Å². The molecule has 2 aromatic carbocycles. The molecule has 0 saturated carbocycles. The van der Waals surface area contributed by atoms with Crippen molar-refractivity contribution in [2.45, 2.75) is 32.6 Å². The zero-order valence-corrected chi connectivity index (χ0v) is 22.3. The van der Waals surface area contributed by atoms with E-state index in [-0.39, 0.29) is 11.8 Å². The van der Waals surface area contributed by atoms with E-state index in [2.05, 4.69) is 5.32 Å². The van der Waals surface area contributed by atoms with Crippen LogP contribution < -0.4 is 5.32 Å². The summed E-state index contributed by atoms with van der Waals surface area (Å²) in [5.41, 5.74) is 2.27. The number of thioether (sulfide) groups is 1. The summed E-state index contributed by atoms with van der Waals surface area (Å²) in [6.45, 7) is 2.54. The summed E-state index contributed by atoms with van der Waals surface area (Å²) in [5.74, 6) is -1.07. The van der Waals surface area contributed by atoms with Crippen molar-refractivity contribution in [2.24, 2.45) is 0 Å². The number of carbonyl (C=O) groups excluding carboxylic acids is 4. The number of esters is 2. The highest BCUT2D eigenvalue weighted by Crippen LogP contribution is 2.32. The number of benzene rings is 2. The van der Waals surface area contributed by atoms with Gasteiger partial charge in [0.05, 0.1) is 29.7 Å². The van der Waals surface area contributed by atoms with Crippen LogP contribution in [0.2, 0.25) is 0 Å². The molecule has 1 N–H and O–H groups in total. The third-order valence-corrected chi connectivity index (χ3v) is 6.85. The number of methoxy groups -OCH3 is 1. The summed E-state index contributed by atoms with van der Waals surface area (Å²) in [4.78, 5) is 50.4. The number of hydrogen-bond donors (Lipinski definition) is 1. The molecule has 0 aliphatic carbocycles. The first-order valence-corrected chi connectivity index (χ1v) is 13.1. The van der Waals surface area contributed by atoms with Crippen molar-refractivity contribution in [2.75, 3.05) is 25.6 Å². The molecule has 194 valence electrons. The van der Waals surface area contributed by atoms with Gasteiger partial charge in [-0.3, -0.25) is 14.5 Å². The second-order valence-electron chi connectivity index (χ2n) is 8.10. The predicted molar refractivity (Wildman–Crippen MR) is 147 cm³/mol. The van der Waals surface area contributed by atoms with Crippen molar-refractivity contribution >= 4 is 63.8 Å². The highest BCUT2D eigenvalue weighted by Gasteiger charge is 2.31. The third-order valence-electron chi connectivity index (χ3n) is 5.47. The van der Waals surface area contributed by atoms with Gasteiger partial charge in [-0.1, -0.05) is 42.5 Å². The SMILES string of the molecule is CCOC(=O)c1ccc(NC(=O)CCCCCN2C(=O)C(=Cc3ccc(C(=O)OC)cc3)SC2=S)cc1.